The van der Waals surface area contributed by atoms with Crippen molar-refractivity contribution in [3.05, 3.63) is 89.4 Å². The second-order valence-corrected chi connectivity index (χ2v) is 8.57. The molecule has 0 aliphatic carbocycles. The minimum absolute atomic E-state index is 0.193. The number of alkyl halides is 3. The van der Waals surface area contributed by atoms with Crippen molar-refractivity contribution in [2.45, 2.75) is 45.2 Å². The average Bonchev–Trinajstić information content (AvgIpc) is 3.54. The summed E-state index contributed by atoms with van der Waals surface area (Å²) in [6.45, 7) is 0.0176. The van der Waals surface area contributed by atoms with Crippen LogP contribution in [0.1, 0.15) is 41.2 Å². The summed E-state index contributed by atoms with van der Waals surface area (Å²) in [6.07, 6.45) is 5.17. The monoisotopic (exact) mass is 542 g/mol. The molecular weight excluding hydrogens is 517 g/mol. The van der Waals surface area contributed by atoms with Gasteiger partial charge < -0.3 is 19.0 Å². The van der Waals surface area contributed by atoms with E-state index >= 15 is 0 Å². The van der Waals surface area contributed by atoms with E-state index in [9.17, 15) is 18.0 Å². The van der Waals surface area contributed by atoms with Gasteiger partial charge in [0.15, 0.2) is 0 Å². The molecule has 0 saturated heterocycles. The zero-order valence-corrected chi connectivity index (χ0v) is 20.7. The Morgan fingerprint density at radius 1 is 0.974 bits per heavy atom. The maximum absolute atomic E-state index is 12.3. The van der Waals surface area contributed by atoms with E-state index in [1.807, 2.05) is 24.3 Å². The lowest BCUT2D eigenvalue weighted by molar-refractivity contribution is -0.274. The zero-order valence-electron chi connectivity index (χ0n) is 20.7. The minimum Gasteiger partial charge on any atom is -0.487 e. The highest BCUT2D eigenvalue weighted by atomic mass is 19.4. The molecule has 9 nitrogen and oxygen atoms in total. The molecule has 0 aliphatic heterocycles. The smallest absolute Gasteiger partial charge is 0.487 e. The number of aromatic nitrogens is 4. The van der Waals surface area contributed by atoms with E-state index in [4.69, 9.17) is 14.3 Å². The van der Waals surface area contributed by atoms with Gasteiger partial charge in [-0.05, 0) is 67.2 Å². The lowest BCUT2D eigenvalue weighted by atomic mass is 10.1. The van der Waals surface area contributed by atoms with Crippen molar-refractivity contribution in [3.63, 3.8) is 0 Å². The van der Waals surface area contributed by atoms with Gasteiger partial charge in [-0.1, -0.05) is 29.5 Å². The molecule has 0 saturated carbocycles. The number of carbonyl (C=O) groups is 1. The van der Waals surface area contributed by atoms with Crippen molar-refractivity contribution in [2.24, 2.45) is 0 Å². The van der Waals surface area contributed by atoms with Crippen LogP contribution in [-0.4, -0.2) is 37.4 Å². The molecule has 4 rings (SSSR count). The molecule has 12 heteroatoms. The number of halogens is 3. The van der Waals surface area contributed by atoms with Crippen LogP contribution < -0.4 is 9.47 Å². The molecule has 0 spiro atoms. The second-order valence-electron chi connectivity index (χ2n) is 8.57. The molecule has 0 fully saturated rings. The number of carboxylic acids is 1. The highest BCUT2D eigenvalue weighted by Crippen LogP contribution is 2.23. The van der Waals surface area contributed by atoms with Crippen LogP contribution in [0.15, 0.2) is 65.4 Å². The van der Waals surface area contributed by atoms with Crippen LogP contribution >= 0.6 is 0 Å². The van der Waals surface area contributed by atoms with E-state index in [1.165, 1.54) is 40.8 Å². The molecule has 2 aromatic heterocycles. The zero-order chi connectivity index (χ0) is 27.7. The van der Waals surface area contributed by atoms with Gasteiger partial charge in [0.2, 0.25) is 5.89 Å². The molecule has 0 bridgehead atoms. The fourth-order valence-electron chi connectivity index (χ4n) is 3.63. The third-order valence-electron chi connectivity index (χ3n) is 5.44. The molecule has 1 N–H and O–H groups in total. The van der Waals surface area contributed by atoms with E-state index < -0.39 is 12.3 Å². The van der Waals surface area contributed by atoms with Crippen molar-refractivity contribution < 1.29 is 37.0 Å². The predicted molar refractivity (Wildman–Crippen MR) is 134 cm³/mol. The summed E-state index contributed by atoms with van der Waals surface area (Å²) in [7, 11) is 0. The Balaban J connectivity index is 1.17. The Labute approximate surface area is 221 Å². The molecule has 39 heavy (non-hydrogen) atoms. The van der Waals surface area contributed by atoms with Gasteiger partial charge in [0.1, 0.15) is 36.6 Å². The van der Waals surface area contributed by atoms with Crippen molar-refractivity contribution >= 4 is 18.1 Å². The third kappa shape index (κ3) is 9.33. The molecule has 2 heterocycles. The SMILES string of the molecule is O=C(O)Cn1cc(CCCCc2ccc(OCc3coc(C=Cc4ccc(OC(F)(F)F)cc4)n3)cc2)nn1. The number of benzene rings is 2. The van der Waals surface area contributed by atoms with Crippen molar-refractivity contribution in [1.82, 2.24) is 20.0 Å². The summed E-state index contributed by atoms with van der Waals surface area (Å²) in [5, 5.41) is 16.6. The van der Waals surface area contributed by atoms with E-state index in [0.717, 1.165) is 31.4 Å². The van der Waals surface area contributed by atoms with Crippen LogP contribution in [0.3, 0.4) is 0 Å². The molecule has 0 atom stereocenters. The first-order valence-electron chi connectivity index (χ1n) is 12.0. The molecule has 204 valence electrons. The topological polar surface area (TPSA) is 112 Å². The number of rotatable bonds is 13. The van der Waals surface area contributed by atoms with E-state index in [0.29, 0.717) is 22.9 Å². The largest absolute Gasteiger partial charge is 0.573 e. The van der Waals surface area contributed by atoms with Gasteiger partial charge in [-0.3, -0.25) is 4.79 Å². The normalized spacial score (nSPS) is 11.7. The highest BCUT2D eigenvalue weighted by Gasteiger charge is 2.30. The Morgan fingerprint density at radius 2 is 1.69 bits per heavy atom. The average molecular weight is 543 g/mol. The van der Waals surface area contributed by atoms with Gasteiger partial charge >= 0.3 is 12.3 Å². The van der Waals surface area contributed by atoms with Crippen LogP contribution in [-0.2, 0) is 30.8 Å². The quantitative estimate of drug-likeness (QED) is 0.219. The summed E-state index contributed by atoms with van der Waals surface area (Å²) < 4.78 is 53.1. The number of ether oxygens (including phenoxy) is 2. The first kappa shape index (κ1) is 27.4. The van der Waals surface area contributed by atoms with Crippen LogP contribution in [0.4, 0.5) is 13.2 Å². The Hall–Kier alpha value is -4.61. The number of unbranched alkanes of at least 4 members (excludes halogenated alkanes) is 1. The van der Waals surface area contributed by atoms with Crippen molar-refractivity contribution in [2.75, 3.05) is 0 Å². The van der Waals surface area contributed by atoms with Crippen LogP contribution in [0, 0.1) is 0 Å². The first-order valence-corrected chi connectivity index (χ1v) is 12.0. The number of hydrogen-bond donors (Lipinski definition) is 1. The van der Waals surface area contributed by atoms with Gasteiger partial charge in [-0.25, -0.2) is 9.67 Å². The van der Waals surface area contributed by atoms with Gasteiger partial charge in [-0.2, -0.15) is 0 Å². The second kappa shape index (κ2) is 12.8. The fourth-order valence-corrected chi connectivity index (χ4v) is 3.63. The van der Waals surface area contributed by atoms with Crippen LogP contribution in [0.5, 0.6) is 11.5 Å². The first-order chi connectivity index (χ1) is 18.7. The Kier molecular flexibility index (Phi) is 8.97. The standard InChI is InChI=1S/C27H25F3N4O5/c28-27(29,30)39-24-12-7-20(8-13-24)9-14-25-31-22(18-38-25)17-37-23-10-5-19(6-11-23)3-1-2-4-21-15-34(33-32-21)16-26(35)36/h5-15,18H,1-4,16-17H2,(H,35,36). The number of aliphatic carboxylic acids is 1. The maximum Gasteiger partial charge on any atom is 0.573 e. The number of carboxylic acid groups (broad SMARTS) is 1. The molecule has 0 unspecified atom stereocenters. The molecule has 0 radical (unpaired) electrons. The molecule has 0 aliphatic rings. The third-order valence-corrected chi connectivity index (χ3v) is 5.44. The van der Waals surface area contributed by atoms with E-state index in [1.54, 1.807) is 18.3 Å². The predicted octanol–water partition coefficient (Wildman–Crippen LogP) is 5.56. The fraction of sp³-hybridized carbons (Fsp3) is 0.259. The lowest BCUT2D eigenvalue weighted by Crippen LogP contribution is -2.16. The minimum atomic E-state index is -4.73. The van der Waals surface area contributed by atoms with Gasteiger partial charge in [0, 0.05) is 12.3 Å². The van der Waals surface area contributed by atoms with Crippen molar-refractivity contribution in [1.29, 1.82) is 0 Å². The number of oxazole rings is 1. The summed E-state index contributed by atoms with van der Waals surface area (Å²) >= 11 is 0. The molecule has 0 amide bonds. The number of aryl methyl sites for hydroxylation is 2. The summed E-state index contributed by atoms with van der Waals surface area (Å²) in [4.78, 5) is 15.0. The summed E-state index contributed by atoms with van der Waals surface area (Å²) in [5.74, 6) is -0.217. The summed E-state index contributed by atoms with van der Waals surface area (Å²) in [6, 6.07) is 13.2. The summed E-state index contributed by atoms with van der Waals surface area (Å²) in [5.41, 5.74) is 3.20. The number of nitrogens with zero attached hydrogens (tertiary/aromatic N) is 4. The van der Waals surface area contributed by atoms with E-state index in [2.05, 4.69) is 20.0 Å². The van der Waals surface area contributed by atoms with Gasteiger partial charge in [0.05, 0.1) is 5.69 Å². The number of hydrogen-bond acceptors (Lipinski definition) is 7. The Morgan fingerprint density at radius 3 is 2.41 bits per heavy atom. The Bertz CT molecular complexity index is 1380. The van der Waals surface area contributed by atoms with Gasteiger partial charge in [-0.15, -0.1) is 18.3 Å². The van der Waals surface area contributed by atoms with E-state index in [-0.39, 0.29) is 18.9 Å². The van der Waals surface area contributed by atoms with Gasteiger partial charge in [0.25, 0.3) is 0 Å². The highest BCUT2D eigenvalue weighted by molar-refractivity contribution is 5.66. The maximum atomic E-state index is 12.3. The van der Waals surface area contributed by atoms with Crippen molar-refractivity contribution in [3.8, 4) is 11.5 Å². The molecular formula is C27H25F3N4O5. The molecule has 4 aromatic rings. The molecule has 2 aromatic carbocycles. The van der Waals surface area contributed by atoms with Crippen LogP contribution in [0.25, 0.3) is 12.2 Å². The van der Waals surface area contributed by atoms with Crippen LogP contribution in [0.2, 0.25) is 0 Å². The lowest BCUT2D eigenvalue weighted by Gasteiger charge is -2.08.